The van der Waals surface area contributed by atoms with Gasteiger partial charge in [-0.1, -0.05) is 6.07 Å². The van der Waals surface area contributed by atoms with Crippen LogP contribution in [0.25, 0.3) is 0 Å². The SMILES string of the molecule is Cc1ccc(N)c(NC(=O)CCC2CCCO2)c1. The molecule has 1 atom stereocenters. The zero-order chi connectivity index (χ0) is 13.0. The van der Waals surface area contributed by atoms with E-state index in [-0.39, 0.29) is 12.0 Å². The van der Waals surface area contributed by atoms with Gasteiger partial charge in [0.25, 0.3) is 0 Å². The van der Waals surface area contributed by atoms with E-state index < -0.39 is 0 Å². The third-order valence-corrected chi connectivity index (χ3v) is 3.20. The molecule has 4 nitrogen and oxygen atoms in total. The van der Waals surface area contributed by atoms with Crippen LogP contribution >= 0.6 is 0 Å². The van der Waals surface area contributed by atoms with Crippen LogP contribution in [0.5, 0.6) is 0 Å². The standard InChI is InChI=1S/C14H20N2O2/c1-10-4-6-12(15)13(9-10)16-14(17)7-5-11-3-2-8-18-11/h4,6,9,11H,2-3,5,7-8,15H2,1H3,(H,16,17). The molecule has 1 aliphatic heterocycles. The van der Waals surface area contributed by atoms with E-state index in [1.807, 2.05) is 25.1 Å². The molecule has 1 amide bonds. The third-order valence-electron chi connectivity index (χ3n) is 3.20. The number of carbonyl (C=O) groups is 1. The molecule has 4 heteroatoms. The predicted octanol–water partition coefficient (Wildman–Crippen LogP) is 2.47. The lowest BCUT2D eigenvalue weighted by molar-refractivity contribution is -0.116. The summed E-state index contributed by atoms with van der Waals surface area (Å²) < 4.78 is 5.49. The molecular formula is C14H20N2O2. The molecule has 0 radical (unpaired) electrons. The highest BCUT2D eigenvalue weighted by atomic mass is 16.5. The van der Waals surface area contributed by atoms with Gasteiger partial charge in [-0.05, 0) is 43.9 Å². The van der Waals surface area contributed by atoms with Gasteiger partial charge in [0.05, 0.1) is 17.5 Å². The van der Waals surface area contributed by atoms with Gasteiger partial charge in [-0.3, -0.25) is 4.79 Å². The van der Waals surface area contributed by atoms with Crippen molar-refractivity contribution in [1.82, 2.24) is 0 Å². The summed E-state index contributed by atoms with van der Waals surface area (Å²) in [5.41, 5.74) is 8.20. The largest absolute Gasteiger partial charge is 0.397 e. The Morgan fingerprint density at radius 1 is 1.56 bits per heavy atom. The van der Waals surface area contributed by atoms with Crippen LogP contribution in [0.1, 0.15) is 31.2 Å². The molecule has 1 fully saturated rings. The first-order valence-corrected chi connectivity index (χ1v) is 6.43. The maximum atomic E-state index is 11.8. The minimum absolute atomic E-state index is 0.00259. The van der Waals surface area contributed by atoms with Gasteiger partial charge in [-0.2, -0.15) is 0 Å². The van der Waals surface area contributed by atoms with Crippen molar-refractivity contribution < 1.29 is 9.53 Å². The summed E-state index contributed by atoms with van der Waals surface area (Å²) in [6.45, 7) is 2.80. The maximum Gasteiger partial charge on any atom is 0.224 e. The number of anilines is 2. The Morgan fingerprint density at radius 2 is 2.39 bits per heavy atom. The lowest BCUT2D eigenvalue weighted by atomic mass is 10.1. The summed E-state index contributed by atoms with van der Waals surface area (Å²) >= 11 is 0. The van der Waals surface area contributed by atoms with Crippen LogP contribution in [0, 0.1) is 6.92 Å². The van der Waals surface area contributed by atoms with E-state index in [9.17, 15) is 4.79 Å². The summed E-state index contributed by atoms with van der Waals surface area (Å²) in [4.78, 5) is 11.8. The highest BCUT2D eigenvalue weighted by Gasteiger charge is 2.16. The molecule has 18 heavy (non-hydrogen) atoms. The van der Waals surface area contributed by atoms with Crippen LogP contribution < -0.4 is 11.1 Å². The number of carbonyl (C=O) groups excluding carboxylic acids is 1. The van der Waals surface area contributed by atoms with Crippen LogP contribution in [0.2, 0.25) is 0 Å². The Kier molecular flexibility index (Phi) is 4.20. The quantitative estimate of drug-likeness (QED) is 0.804. The van der Waals surface area contributed by atoms with Crippen molar-refractivity contribution >= 4 is 17.3 Å². The van der Waals surface area contributed by atoms with E-state index >= 15 is 0 Å². The van der Waals surface area contributed by atoms with Crippen LogP contribution in [0.15, 0.2) is 18.2 Å². The number of ether oxygens (including phenoxy) is 1. The molecule has 1 aromatic rings. The van der Waals surface area contributed by atoms with E-state index in [4.69, 9.17) is 10.5 Å². The summed E-state index contributed by atoms with van der Waals surface area (Å²) in [6.07, 6.45) is 3.71. The number of hydrogen-bond acceptors (Lipinski definition) is 3. The molecular weight excluding hydrogens is 228 g/mol. The average Bonchev–Trinajstić information content (AvgIpc) is 2.84. The molecule has 1 aliphatic rings. The van der Waals surface area contributed by atoms with E-state index in [1.165, 1.54) is 0 Å². The fourth-order valence-electron chi connectivity index (χ4n) is 2.16. The van der Waals surface area contributed by atoms with Gasteiger partial charge in [0.2, 0.25) is 5.91 Å². The van der Waals surface area contributed by atoms with Crippen molar-refractivity contribution in [3.63, 3.8) is 0 Å². The molecule has 0 spiro atoms. The van der Waals surface area contributed by atoms with Crippen LogP contribution in [-0.4, -0.2) is 18.6 Å². The molecule has 3 N–H and O–H groups in total. The smallest absolute Gasteiger partial charge is 0.224 e. The van der Waals surface area contributed by atoms with E-state index in [2.05, 4.69) is 5.32 Å². The number of hydrogen-bond donors (Lipinski definition) is 2. The zero-order valence-corrected chi connectivity index (χ0v) is 10.7. The highest BCUT2D eigenvalue weighted by molar-refractivity contribution is 5.93. The second kappa shape index (κ2) is 5.87. The average molecular weight is 248 g/mol. The molecule has 0 saturated carbocycles. The summed E-state index contributed by atoms with van der Waals surface area (Å²) in [6, 6.07) is 5.63. The first-order valence-electron chi connectivity index (χ1n) is 6.43. The van der Waals surface area contributed by atoms with Crippen molar-refractivity contribution in [2.24, 2.45) is 0 Å². The number of nitrogens with two attached hydrogens (primary N) is 1. The molecule has 1 unspecified atom stereocenters. The Balaban J connectivity index is 1.84. The normalized spacial score (nSPS) is 18.8. The predicted molar refractivity (Wildman–Crippen MR) is 72.4 cm³/mol. The lowest BCUT2D eigenvalue weighted by Crippen LogP contribution is -2.16. The minimum Gasteiger partial charge on any atom is -0.397 e. The van der Waals surface area contributed by atoms with Gasteiger partial charge in [0.15, 0.2) is 0 Å². The zero-order valence-electron chi connectivity index (χ0n) is 10.7. The van der Waals surface area contributed by atoms with Gasteiger partial charge in [-0.15, -0.1) is 0 Å². The van der Waals surface area contributed by atoms with E-state index in [1.54, 1.807) is 0 Å². The van der Waals surface area contributed by atoms with E-state index in [0.717, 1.165) is 31.4 Å². The van der Waals surface area contributed by atoms with Crippen molar-refractivity contribution in [1.29, 1.82) is 0 Å². The van der Waals surface area contributed by atoms with Gasteiger partial charge >= 0.3 is 0 Å². The first kappa shape index (κ1) is 12.9. The number of aryl methyl sites for hydroxylation is 1. The molecule has 0 aliphatic carbocycles. The molecule has 1 heterocycles. The fourth-order valence-corrected chi connectivity index (χ4v) is 2.16. The van der Waals surface area contributed by atoms with Crippen molar-refractivity contribution in [3.05, 3.63) is 23.8 Å². The second-order valence-electron chi connectivity index (χ2n) is 4.81. The number of nitrogen functional groups attached to an aromatic ring is 1. The van der Waals surface area contributed by atoms with Crippen molar-refractivity contribution in [3.8, 4) is 0 Å². The lowest BCUT2D eigenvalue weighted by Gasteiger charge is -2.11. The topological polar surface area (TPSA) is 64.3 Å². The number of amides is 1. The third kappa shape index (κ3) is 3.47. The summed E-state index contributed by atoms with van der Waals surface area (Å²) in [5, 5.41) is 2.86. The van der Waals surface area contributed by atoms with Gasteiger partial charge in [0.1, 0.15) is 0 Å². The Hall–Kier alpha value is -1.55. The Labute approximate surface area is 108 Å². The highest BCUT2D eigenvalue weighted by Crippen LogP contribution is 2.21. The van der Waals surface area contributed by atoms with Crippen LogP contribution in [0.3, 0.4) is 0 Å². The summed E-state index contributed by atoms with van der Waals surface area (Å²) in [7, 11) is 0. The monoisotopic (exact) mass is 248 g/mol. The number of benzene rings is 1. The minimum atomic E-state index is 0.00259. The fraction of sp³-hybridized carbons (Fsp3) is 0.500. The van der Waals surface area contributed by atoms with Crippen molar-refractivity contribution in [2.75, 3.05) is 17.7 Å². The van der Waals surface area contributed by atoms with Crippen LogP contribution in [-0.2, 0) is 9.53 Å². The Morgan fingerprint density at radius 3 is 3.11 bits per heavy atom. The maximum absolute atomic E-state index is 11.8. The first-order chi connectivity index (χ1) is 8.65. The second-order valence-corrected chi connectivity index (χ2v) is 4.81. The molecule has 2 rings (SSSR count). The molecule has 1 aromatic carbocycles. The molecule has 0 bridgehead atoms. The van der Waals surface area contributed by atoms with Gasteiger partial charge in [-0.25, -0.2) is 0 Å². The molecule has 1 saturated heterocycles. The number of nitrogens with one attached hydrogen (secondary N) is 1. The summed E-state index contributed by atoms with van der Waals surface area (Å²) in [5.74, 6) is 0.00259. The number of rotatable bonds is 4. The van der Waals surface area contributed by atoms with Crippen molar-refractivity contribution in [2.45, 2.75) is 38.7 Å². The van der Waals surface area contributed by atoms with Gasteiger partial charge < -0.3 is 15.8 Å². The molecule has 0 aromatic heterocycles. The Bertz CT molecular complexity index is 426. The van der Waals surface area contributed by atoms with Crippen LogP contribution in [0.4, 0.5) is 11.4 Å². The van der Waals surface area contributed by atoms with Gasteiger partial charge in [0, 0.05) is 13.0 Å². The van der Waals surface area contributed by atoms with E-state index in [0.29, 0.717) is 17.8 Å². The molecule has 98 valence electrons.